The summed E-state index contributed by atoms with van der Waals surface area (Å²) in [5.41, 5.74) is 2.76. The molecule has 0 bridgehead atoms. The van der Waals surface area contributed by atoms with E-state index < -0.39 is 5.91 Å². The number of phenols is 1. The van der Waals surface area contributed by atoms with Crippen LogP contribution in [0.5, 0.6) is 5.75 Å². The predicted octanol–water partition coefficient (Wildman–Crippen LogP) is 3.14. The Kier molecular flexibility index (Phi) is 5.39. The number of nitrogens with one attached hydrogen (secondary N) is 2. The summed E-state index contributed by atoms with van der Waals surface area (Å²) in [5.74, 6) is -0.980. The molecule has 0 fully saturated rings. The van der Waals surface area contributed by atoms with Crippen molar-refractivity contribution in [3.8, 4) is 5.75 Å². The lowest BCUT2D eigenvalue weighted by Crippen LogP contribution is -2.33. The van der Waals surface area contributed by atoms with Crippen LogP contribution in [0.1, 0.15) is 21.5 Å². The van der Waals surface area contributed by atoms with Crippen LogP contribution in [0.4, 0.5) is 5.69 Å². The molecular formula is C17H17BrN2O3. The molecule has 2 rings (SSSR count). The quantitative estimate of drug-likeness (QED) is 0.766. The Hall–Kier alpha value is -2.34. The zero-order valence-electron chi connectivity index (χ0n) is 12.8. The predicted molar refractivity (Wildman–Crippen MR) is 92.7 cm³/mol. The summed E-state index contributed by atoms with van der Waals surface area (Å²) in [6, 6.07) is 10.3. The number of benzene rings is 2. The van der Waals surface area contributed by atoms with Crippen molar-refractivity contribution in [2.75, 3.05) is 11.9 Å². The maximum atomic E-state index is 12.0. The standard InChI is InChI=1S/C17H17BrN2O3/c1-10-4-3-5-11(2)16(10)20-15(22)9-19-17(23)13-8-12(18)6-7-14(13)21/h3-8,21H,9H2,1-2H3,(H,19,23)(H,20,22). The lowest BCUT2D eigenvalue weighted by atomic mass is 10.1. The number of amides is 2. The maximum Gasteiger partial charge on any atom is 0.255 e. The molecule has 0 saturated heterocycles. The number of carbonyl (C=O) groups is 2. The van der Waals surface area contributed by atoms with Gasteiger partial charge in [-0.15, -0.1) is 0 Å². The van der Waals surface area contributed by atoms with Crippen LogP contribution >= 0.6 is 15.9 Å². The highest BCUT2D eigenvalue weighted by Crippen LogP contribution is 2.22. The first-order chi connectivity index (χ1) is 10.9. The number of aromatic hydroxyl groups is 1. The lowest BCUT2D eigenvalue weighted by Gasteiger charge is -2.12. The number of halogens is 1. The minimum absolute atomic E-state index is 0.110. The van der Waals surface area contributed by atoms with Gasteiger partial charge in [-0.25, -0.2) is 0 Å². The molecule has 5 nitrogen and oxygen atoms in total. The number of para-hydroxylation sites is 1. The average molecular weight is 377 g/mol. The normalized spacial score (nSPS) is 10.2. The molecule has 0 spiro atoms. The zero-order valence-corrected chi connectivity index (χ0v) is 14.4. The Bertz CT molecular complexity index is 739. The highest BCUT2D eigenvalue weighted by Gasteiger charge is 2.13. The number of hydrogen-bond acceptors (Lipinski definition) is 3. The molecule has 0 heterocycles. The van der Waals surface area contributed by atoms with Crippen molar-refractivity contribution in [2.24, 2.45) is 0 Å². The van der Waals surface area contributed by atoms with Gasteiger partial charge in [-0.2, -0.15) is 0 Å². The molecular weight excluding hydrogens is 360 g/mol. The van der Waals surface area contributed by atoms with Crippen LogP contribution in [-0.2, 0) is 4.79 Å². The second-order valence-electron chi connectivity index (χ2n) is 5.16. The van der Waals surface area contributed by atoms with E-state index in [-0.39, 0.29) is 23.8 Å². The van der Waals surface area contributed by atoms with E-state index in [0.717, 1.165) is 16.8 Å². The third-order valence-electron chi connectivity index (χ3n) is 3.36. The van der Waals surface area contributed by atoms with Crippen molar-refractivity contribution < 1.29 is 14.7 Å². The summed E-state index contributed by atoms with van der Waals surface area (Å²) >= 11 is 3.23. The minimum Gasteiger partial charge on any atom is -0.507 e. The summed E-state index contributed by atoms with van der Waals surface area (Å²) in [4.78, 5) is 24.0. The van der Waals surface area contributed by atoms with Gasteiger partial charge in [0, 0.05) is 10.2 Å². The smallest absolute Gasteiger partial charge is 0.255 e. The summed E-state index contributed by atoms with van der Waals surface area (Å²) in [6.45, 7) is 3.63. The summed E-state index contributed by atoms with van der Waals surface area (Å²) in [5, 5.41) is 15.0. The van der Waals surface area contributed by atoms with Crippen molar-refractivity contribution >= 4 is 33.4 Å². The van der Waals surface area contributed by atoms with Gasteiger partial charge >= 0.3 is 0 Å². The SMILES string of the molecule is Cc1cccc(C)c1NC(=O)CNC(=O)c1cc(Br)ccc1O. The van der Waals surface area contributed by atoms with Crippen LogP contribution in [0, 0.1) is 13.8 Å². The van der Waals surface area contributed by atoms with Crippen molar-refractivity contribution in [3.63, 3.8) is 0 Å². The molecule has 0 radical (unpaired) electrons. The Morgan fingerprint density at radius 2 is 1.78 bits per heavy atom. The highest BCUT2D eigenvalue weighted by atomic mass is 79.9. The van der Waals surface area contributed by atoms with Crippen molar-refractivity contribution in [1.82, 2.24) is 5.32 Å². The van der Waals surface area contributed by atoms with E-state index in [1.54, 1.807) is 6.07 Å². The molecule has 23 heavy (non-hydrogen) atoms. The summed E-state index contributed by atoms with van der Waals surface area (Å²) < 4.78 is 0.667. The lowest BCUT2D eigenvalue weighted by molar-refractivity contribution is -0.115. The third kappa shape index (κ3) is 4.32. The first kappa shape index (κ1) is 17.0. The number of aryl methyl sites for hydroxylation is 2. The van der Waals surface area contributed by atoms with Crippen LogP contribution < -0.4 is 10.6 Å². The van der Waals surface area contributed by atoms with Gasteiger partial charge in [0.1, 0.15) is 5.75 Å². The Balaban J connectivity index is 1.99. The van der Waals surface area contributed by atoms with E-state index in [4.69, 9.17) is 0 Å². The summed E-state index contributed by atoms with van der Waals surface area (Å²) in [7, 11) is 0. The Morgan fingerprint density at radius 1 is 1.13 bits per heavy atom. The van der Waals surface area contributed by atoms with Crippen molar-refractivity contribution in [2.45, 2.75) is 13.8 Å². The van der Waals surface area contributed by atoms with Gasteiger partial charge in [0.15, 0.2) is 0 Å². The van der Waals surface area contributed by atoms with Gasteiger partial charge in [-0.1, -0.05) is 34.1 Å². The molecule has 0 unspecified atom stereocenters. The molecule has 6 heteroatoms. The van der Waals surface area contributed by atoms with Gasteiger partial charge in [-0.3, -0.25) is 9.59 Å². The summed E-state index contributed by atoms with van der Waals surface area (Å²) in [6.07, 6.45) is 0. The molecule has 0 aliphatic carbocycles. The Morgan fingerprint density at radius 3 is 2.43 bits per heavy atom. The third-order valence-corrected chi connectivity index (χ3v) is 3.85. The number of phenolic OH excluding ortho intramolecular Hbond substituents is 1. The average Bonchev–Trinajstić information content (AvgIpc) is 2.51. The highest BCUT2D eigenvalue weighted by molar-refractivity contribution is 9.10. The fourth-order valence-corrected chi connectivity index (χ4v) is 2.50. The number of rotatable bonds is 4. The van der Waals surface area contributed by atoms with Gasteiger partial charge in [-0.05, 0) is 43.2 Å². The fourth-order valence-electron chi connectivity index (χ4n) is 2.14. The largest absolute Gasteiger partial charge is 0.507 e. The van der Waals surface area contributed by atoms with Crippen LogP contribution in [0.3, 0.4) is 0 Å². The van der Waals surface area contributed by atoms with E-state index in [9.17, 15) is 14.7 Å². The van der Waals surface area contributed by atoms with Crippen molar-refractivity contribution in [1.29, 1.82) is 0 Å². The maximum absolute atomic E-state index is 12.0. The van der Waals surface area contributed by atoms with Crippen molar-refractivity contribution in [3.05, 3.63) is 57.6 Å². The fraction of sp³-hybridized carbons (Fsp3) is 0.176. The molecule has 0 saturated carbocycles. The van der Waals surface area contributed by atoms with Gasteiger partial charge < -0.3 is 15.7 Å². The van der Waals surface area contributed by atoms with Crippen LogP contribution in [-0.4, -0.2) is 23.5 Å². The molecule has 0 aliphatic heterocycles. The van der Waals surface area contributed by atoms with E-state index >= 15 is 0 Å². The molecule has 120 valence electrons. The van der Waals surface area contributed by atoms with Crippen LogP contribution in [0.15, 0.2) is 40.9 Å². The van der Waals surface area contributed by atoms with Gasteiger partial charge in [0.05, 0.1) is 12.1 Å². The van der Waals surface area contributed by atoms with Gasteiger partial charge in [0.2, 0.25) is 5.91 Å². The molecule has 2 aromatic carbocycles. The zero-order chi connectivity index (χ0) is 17.0. The number of carbonyl (C=O) groups excluding carboxylic acids is 2. The number of anilines is 1. The number of hydrogen-bond donors (Lipinski definition) is 3. The first-order valence-corrected chi connectivity index (χ1v) is 7.80. The van der Waals surface area contributed by atoms with Gasteiger partial charge in [0.25, 0.3) is 5.91 Å². The molecule has 2 amide bonds. The minimum atomic E-state index is -0.513. The van der Waals surface area contributed by atoms with E-state index in [2.05, 4.69) is 26.6 Å². The molecule has 3 N–H and O–H groups in total. The molecule has 0 aliphatic rings. The first-order valence-electron chi connectivity index (χ1n) is 7.01. The topological polar surface area (TPSA) is 78.4 Å². The molecule has 0 aromatic heterocycles. The second-order valence-corrected chi connectivity index (χ2v) is 6.07. The van der Waals surface area contributed by atoms with E-state index in [1.165, 1.54) is 12.1 Å². The second kappa shape index (κ2) is 7.28. The molecule has 0 atom stereocenters. The van der Waals surface area contributed by atoms with Crippen LogP contribution in [0.2, 0.25) is 0 Å². The monoisotopic (exact) mass is 376 g/mol. The van der Waals surface area contributed by atoms with E-state index in [1.807, 2.05) is 32.0 Å². The molecule has 2 aromatic rings. The van der Waals surface area contributed by atoms with E-state index in [0.29, 0.717) is 4.47 Å². The Labute approximate surface area is 142 Å². The van der Waals surface area contributed by atoms with Crippen LogP contribution in [0.25, 0.3) is 0 Å².